The van der Waals surface area contributed by atoms with Gasteiger partial charge in [0.1, 0.15) is 0 Å². The molecule has 0 atom stereocenters. The van der Waals surface area contributed by atoms with Crippen LogP contribution in [0.5, 0.6) is 0 Å². The molecule has 0 aromatic carbocycles. The SMILES string of the molecule is C=C1CN(C(C)(C)C)CC1=C. The molecule has 0 aromatic heterocycles. The third-order valence-electron chi connectivity index (χ3n) is 2.21. The topological polar surface area (TPSA) is 3.24 Å². The minimum absolute atomic E-state index is 0.252. The Kier molecular flexibility index (Phi) is 1.93. The van der Waals surface area contributed by atoms with Crippen LogP contribution in [0.1, 0.15) is 20.8 Å². The highest BCUT2D eigenvalue weighted by molar-refractivity contribution is 5.33. The summed E-state index contributed by atoms with van der Waals surface area (Å²) in [5.41, 5.74) is 2.64. The molecule has 0 aliphatic carbocycles. The quantitative estimate of drug-likeness (QED) is 0.513. The van der Waals surface area contributed by atoms with Gasteiger partial charge in [-0.15, -0.1) is 0 Å². The Bertz CT molecular complexity index is 179. The van der Waals surface area contributed by atoms with Crippen molar-refractivity contribution in [1.82, 2.24) is 4.90 Å². The van der Waals surface area contributed by atoms with Crippen molar-refractivity contribution in [1.29, 1.82) is 0 Å². The Balaban J connectivity index is 2.68. The van der Waals surface area contributed by atoms with Crippen LogP contribution in [-0.4, -0.2) is 23.5 Å². The number of hydrogen-bond acceptors (Lipinski definition) is 1. The van der Waals surface area contributed by atoms with Crippen LogP contribution in [0.3, 0.4) is 0 Å². The first-order valence-electron chi connectivity index (χ1n) is 4.02. The standard InChI is InChI=1S/C10H17N/c1-8-6-11(7-9(8)2)10(3,4)5/h1-2,6-7H2,3-5H3. The predicted molar refractivity (Wildman–Crippen MR) is 49.6 cm³/mol. The molecule has 0 bridgehead atoms. The summed E-state index contributed by atoms with van der Waals surface area (Å²) in [5.74, 6) is 0. The zero-order valence-electron chi connectivity index (χ0n) is 7.78. The van der Waals surface area contributed by atoms with Gasteiger partial charge in [-0.05, 0) is 31.9 Å². The molecule has 0 amide bonds. The fraction of sp³-hybridized carbons (Fsp3) is 0.600. The number of nitrogens with zero attached hydrogens (tertiary/aromatic N) is 1. The highest BCUT2D eigenvalue weighted by Crippen LogP contribution is 2.25. The average Bonchev–Trinajstić information content (AvgIpc) is 2.11. The van der Waals surface area contributed by atoms with Gasteiger partial charge in [-0.1, -0.05) is 13.2 Å². The van der Waals surface area contributed by atoms with Crippen LogP contribution in [0.15, 0.2) is 24.3 Å². The molecule has 0 saturated carbocycles. The second-order valence-corrected chi connectivity index (χ2v) is 4.23. The van der Waals surface area contributed by atoms with E-state index in [1.807, 2.05) is 0 Å². The zero-order valence-corrected chi connectivity index (χ0v) is 7.78. The Labute approximate surface area is 69.4 Å². The number of likely N-dealkylation sites (tertiary alicyclic amines) is 1. The molecule has 0 unspecified atom stereocenters. The Morgan fingerprint density at radius 1 is 1.09 bits per heavy atom. The predicted octanol–water partition coefficient (Wildman–Crippen LogP) is 2.21. The molecule has 0 spiro atoms. The largest absolute Gasteiger partial charge is 0.290 e. The minimum atomic E-state index is 0.252. The van der Waals surface area contributed by atoms with E-state index in [2.05, 4.69) is 38.8 Å². The van der Waals surface area contributed by atoms with Crippen LogP contribution in [-0.2, 0) is 0 Å². The van der Waals surface area contributed by atoms with Gasteiger partial charge in [0, 0.05) is 18.6 Å². The van der Waals surface area contributed by atoms with Gasteiger partial charge in [0.25, 0.3) is 0 Å². The summed E-state index contributed by atoms with van der Waals surface area (Å²) in [4.78, 5) is 2.39. The molecule has 1 aliphatic rings. The summed E-state index contributed by atoms with van der Waals surface area (Å²) in [6.07, 6.45) is 0. The molecule has 1 rings (SSSR count). The molecule has 1 nitrogen and oxygen atoms in total. The lowest BCUT2D eigenvalue weighted by Crippen LogP contribution is -2.38. The van der Waals surface area contributed by atoms with Gasteiger partial charge in [-0.2, -0.15) is 0 Å². The van der Waals surface area contributed by atoms with Gasteiger partial charge in [0.2, 0.25) is 0 Å². The van der Waals surface area contributed by atoms with Crippen molar-refractivity contribution in [2.24, 2.45) is 0 Å². The fourth-order valence-electron chi connectivity index (χ4n) is 1.21. The monoisotopic (exact) mass is 151 g/mol. The lowest BCUT2D eigenvalue weighted by atomic mass is 10.1. The first-order chi connectivity index (χ1) is 4.91. The van der Waals surface area contributed by atoms with E-state index in [4.69, 9.17) is 0 Å². The molecule has 0 aromatic rings. The third-order valence-corrected chi connectivity index (χ3v) is 2.21. The van der Waals surface area contributed by atoms with E-state index < -0.39 is 0 Å². The van der Waals surface area contributed by atoms with Crippen molar-refractivity contribution in [2.75, 3.05) is 13.1 Å². The third kappa shape index (κ3) is 1.72. The van der Waals surface area contributed by atoms with Crippen LogP contribution in [0.4, 0.5) is 0 Å². The highest BCUT2D eigenvalue weighted by atomic mass is 15.2. The van der Waals surface area contributed by atoms with E-state index in [-0.39, 0.29) is 5.54 Å². The molecule has 1 fully saturated rings. The lowest BCUT2D eigenvalue weighted by molar-refractivity contribution is 0.185. The van der Waals surface area contributed by atoms with E-state index in [0.29, 0.717) is 0 Å². The van der Waals surface area contributed by atoms with Gasteiger partial charge < -0.3 is 0 Å². The van der Waals surface area contributed by atoms with Gasteiger partial charge >= 0.3 is 0 Å². The first-order valence-corrected chi connectivity index (χ1v) is 4.02. The van der Waals surface area contributed by atoms with E-state index in [0.717, 1.165) is 13.1 Å². The fourth-order valence-corrected chi connectivity index (χ4v) is 1.21. The molecular weight excluding hydrogens is 134 g/mol. The van der Waals surface area contributed by atoms with E-state index in [9.17, 15) is 0 Å². The van der Waals surface area contributed by atoms with Crippen LogP contribution in [0.25, 0.3) is 0 Å². The summed E-state index contributed by atoms with van der Waals surface area (Å²) in [6.45, 7) is 16.6. The van der Waals surface area contributed by atoms with E-state index >= 15 is 0 Å². The second-order valence-electron chi connectivity index (χ2n) is 4.23. The maximum Gasteiger partial charge on any atom is 0.0239 e. The van der Waals surface area contributed by atoms with Crippen molar-refractivity contribution in [3.63, 3.8) is 0 Å². The second kappa shape index (κ2) is 2.49. The van der Waals surface area contributed by atoms with Crippen molar-refractivity contribution in [3.05, 3.63) is 24.3 Å². The van der Waals surface area contributed by atoms with Crippen LogP contribution < -0.4 is 0 Å². The summed E-state index contributed by atoms with van der Waals surface area (Å²) >= 11 is 0. The molecule has 1 heteroatoms. The molecular formula is C10H17N. The van der Waals surface area contributed by atoms with Crippen LogP contribution in [0.2, 0.25) is 0 Å². The van der Waals surface area contributed by atoms with Gasteiger partial charge in [0.15, 0.2) is 0 Å². The van der Waals surface area contributed by atoms with Crippen molar-refractivity contribution in [2.45, 2.75) is 26.3 Å². The Morgan fingerprint density at radius 2 is 1.45 bits per heavy atom. The number of rotatable bonds is 0. The molecule has 1 aliphatic heterocycles. The van der Waals surface area contributed by atoms with Crippen molar-refractivity contribution < 1.29 is 0 Å². The van der Waals surface area contributed by atoms with Gasteiger partial charge in [-0.25, -0.2) is 0 Å². The average molecular weight is 151 g/mol. The smallest absolute Gasteiger partial charge is 0.0239 e. The van der Waals surface area contributed by atoms with E-state index in [1.54, 1.807) is 0 Å². The van der Waals surface area contributed by atoms with Crippen molar-refractivity contribution >= 4 is 0 Å². The Hall–Kier alpha value is -0.560. The summed E-state index contributed by atoms with van der Waals surface area (Å²) in [6, 6.07) is 0. The molecule has 0 N–H and O–H groups in total. The van der Waals surface area contributed by atoms with Crippen LogP contribution in [0, 0.1) is 0 Å². The van der Waals surface area contributed by atoms with Gasteiger partial charge in [0.05, 0.1) is 0 Å². The summed E-state index contributed by atoms with van der Waals surface area (Å²) in [7, 11) is 0. The zero-order chi connectivity index (χ0) is 8.65. The number of hydrogen-bond donors (Lipinski definition) is 0. The minimum Gasteiger partial charge on any atom is -0.290 e. The lowest BCUT2D eigenvalue weighted by Gasteiger charge is -2.30. The normalized spacial score (nSPS) is 21.4. The molecule has 11 heavy (non-hydrogen) atoms. The molecule has 62 valence electrons. The summed E-state index contributed by atoms with van der Waals surface area (Å²) < 4.78 is 0. The van der Waals surface area contributed by atoms with Crippen LogP contribution >= 0.6 is 0 Å². The maximum absolute atomic E-state index is 3.96. The maximum atomic E-state index is 3.96. The molecule has 0 radical (unpaired) electrons. The molecule has 1 heterocycles. The van der Waals surface area contributed by atoms with E-state index in [1.165, 1.54) is 11.1 Å². The Morgan fingerprint density at radius 3 is 1.64 bits per heavy atom. The highest BCUT2D eigenvalue weighted by Gasteiger charge is 2.27. The van der Waals surface area contributed by atoms with Gasteiger partial charge in [-0.3, -0.25) is 4.90 Å². The summed E-state index contributed by atoms with van der Waals surface area (Å²) in [5, 5.41) is 0. The first kappa shape index (κ1) is 8.54. The van der Waals surface area contributed by atoms with Crippen molar-refractivity contribution in [3.8, 4) is 0 Å². The molecule has 1 saturated heterocycles.